The van der Waals surface area contributed by atoms with E-state index in [9.17, 15) is 14.7 Å². The number of carbonyl (C=O) groups is 2. The molecule has 7 nitrogen and oxygen atoms in total. The highest BCUT2D eigenvalue weighted by molar-refractivity contribution is 6.08. The summed E-state index contributed by atoms with van der Waals surface area (Å²) in [6, 6.07) is 13.6. The molecule has 1 aliphatic rings. The number of para-hydroxylation sites is 2. The molecule has 2 heterocycles. The molecule has 2 atom stereocenters. The smallest absolute Gasteiger partial charge is 0.321 e. The number of phenols is 1. The largest absolute Gasteiger partial charge is 0.508 e. The molecular weight excluding hydrogens is 382 g/mol. The van der Waals surface area contributed by atoms with Crippen LogP contribution in [0, 0.1) is 5.92 Å². The van der Waals surface area contributed by atoms with Gasteiger partial charge in [-0.15, -0.1) is 0 Å². The number of rotatable bonds is 6. The first-order valence-electron chi connectivity index (χ1n) is 10.3. The minimum absolute atomic E-state index is 0.0712. The number of benzene rings is 2. The van der Waals surface area contributed by atoms with Crippen LogP contribution < -0.4 is 4.90 Å². The van der Waals surface area contributed by atoms with Crippen LogP contribution in [0.15, 0.2) is 48.5 Å². The Kier molecular flexibility index (Phi) is 5.44. The van der Waals surface area contributed by atoms with Crippen LogP contribution in [0.3, 0.4) is 0 Å². The molecule has 0 saturated heterocycles. The summed E-state index contributed by atoms with van der Waals surface area (Å²) >= 11 is 0. The SMILES string of the molecule is CCCCN1C(=O)[C@@H](C(=O)OCC)[C@H](c2cccc(O)c2)n2c1nc1ccccc12. The molecule has 3 aromatic rings. The molecule has 1 aliphatic heterocycles. The predicted molar refractivity (Wildman–Crippen MR) is 113 cm³/mol. The van der Waals surface area contributed by atoms with Crippen molar-refractivity contribution in [2.45, 2.75) is 32.7 Å². The normalized spacial score (nSPS) is 18.5. The number of unbranched alkanes of at least 4 members (excludes halogenated alkanes) is 1. The second-order valence-electron chi connectivity index (χ2n) is 7.38. The van der Waals surface area contributed by atoms with Crippen molar-refractivity contribution < 1.29 is 19.4 Å². The van der Waals surface area contributed by atoms with Gasteiger partial charge in [-0.3, -0.25) is 14.5 Å². The number of fused-ring (bicyclic) bond motifs is 3. The van der Waals surface area contributed by atoms with Crippen LogP contribution in [0.5, 0.6) is 5.75 Å². The molecule has 7 heteroatoms. The zero-order valence-electron chi connectivity index (χ0n) is 17.1. The van der Waals surface area contributed by atoms with Gasteiger partial charge in [0.2, 0.25) is 11.9 Å². The molecule has 0 bridgehead atoms. The number of amides is 1. The van der Waals surface area contributed by atoms with E-state index >= 15 is 0 Å². The first-order chi connectivity index (χ1) is 14.6. The van der Waals surface area contributed by atoms with Gasteiger partial charge in [0.15, 0.2) is 5.92 Å². The van der Waals surface area contributed by atoms with Crippen molar-refractivity contribution in [1.29, 1.82) is 0 Å². The number of carbonyl (C=O) groups excluding carboxylic acids is 2. The minimum atomic E-state index is -1.06. The van der Waals surface area contributed by atoms with Crippen molar-refractivity contribution in [1.82, 2.24) is 9.55 Å². The fourth-order valence-corrected chi connectivity index (χ4v) is 4.09. The Hall–Kier alpha value is -3.35. The third-order valence-corrected chi connectivity index (χ3v) is 5.43. The summed E-state index contributed by atoms with van der Waals surface area (Å²) in [7, 11) is 0. The lowest BCUT2D eigenvalue weighted by Gasteiger charge is -2.38. The number of anilines is 1. The maximum Gasteiger partial charge on any atom is 0.321 e. The molecule has 0 spiro atoms. The molecular formula is C23H25N3O4. The van der Waals surface area contributed by atoms with Crippen LogP contribution in [-0.2, 0) is 14.3 Å². The Bertz CT molecular complexity index is 1090. The average molecular weight is 407 g/mol. The Morgan fingerprint density at radius 2 is 1.97 bits per heavy atom. The van der Waals surface area contributed by atoms with Gasteiger partial charge < -0.3 is 14.4 Å². The fourth-order valence-electron chi connectivity index (χ4n) is 4.09. The number of aromatic nitrogens is 2. The van der Waals surface area contributed by atoms with Crippen LogP contribution in [0.25, 0.3) is 11.0 Å². The van der Waals surface area contributed by atoms with E-state index in [1.54, 1.807) is 30.0 Å². The minimum Gasteiger partial charge on any atom is -0.508 e. The number of ether oxygens (including phenoxy) is 1. The number of imidazole rings is 1. The molecule has 1 amide bonds. The van der Waals surface area contributed by atoms with Crippen LogP contribution >= 0.6 is 0 Å². The molecule has 0 fully saturated rings. The molecule has 4 rings (SSSR count). The number of nitrogens with zero attached hydrogens (tertiary/aromatic N) is 3. The van der Waals surface area contributed by atoms with Gasteiger partial charge in [0.05, 0.1) is 23.7 Å². The van der Waals surface area contributed by atoms with Crippen LogP contribution in [0.4, 0.5) is 5.95 Å². The predicted octanol–water partition coefficient (Wildman–Crippen LogP) is 3.66. The molecule has 0 saturated carbocycles. The Morgan fingerprint density at radius 1 is 1.17 bits per heavy atom. The van der Waals surface area contributed by atoms with Crippen molar-refractivity contribution in [3.8, 4) is 5.75 Å². The van der Waals surface area contributed by atoms with Crippen molar-refractivity contribution >= 4 is 28.9 Å². The van der Waals surface area contributed by atoms with Crippen molar-refractivity contribution in [2.24, 2.45) is 5.92 Å². The highest BCUT2D eigenvalue weighted by atomic mass is 16.5. The number of hydrogen-bond acceptors (Lipinski definition) is 5. The monoisotopic (exact) mass is 407 g/mol. The lowest BCUT2D eigenvalue weighted by Crippen LogP contribution is -2.50. The van der Waals surface area contributed by atoms with Gasteiger partial charge in [-0.1, -0.05) is 37.6 Å². The van der Waals surface area contributed by atoms with E-state index < -0.39 is 17.9 Å². The first-order valence-corrected chi connectivity index (χ1v) is 10.3. The average Bonchev–Trinajstić information content (AvgIpc) is 3.11. The van der Waals surface area contributed by atoms with Crippen LogP contribution in [-0.4, -0.2) is 39.7 Å². The number of phenolic OH excluding ortho intramolecular Hbond substituents is 1. The molecule has 0 radical (unpaired) electrons. The van der Waals surface area contributed by atoms with E-state index in [1.165, 1.54) is 0 Å². The van der Waals surface area contributed by atoms with E-state index in [4.69, 9.17) is 9.72 Å². The molecule has 0 unspecified atom stereocenters. The van der Waals surface area contributed by atoms with Gasteiger partial charge in [0.1, 0.15) is 5.75 Å². The van der Waals surface area contributed by atoms with E-state index in [0.29, 0.717) is 18.1 Å². The molecule has 1 N–H and O–H groups in total. The topological polar surface area (TPSA) is 84.7 Å². The Labute approximate surface area is 174 Å². The summed E-state index contributed by atoms with van der Waals surface area (Å²) in [5.74, 6) is -1.36. The summed E-state index contributed by atoms with van der Waals surface area (Å²) < 4.78 is 7.24. The van der Waals surface area contributed by atoms with Crippen molar-refractivity contribution in [2.75, 3.05) is 18.1 Å². The molecule has 30 heavy (non-hydrogen) atoms. The van der Waals surface area contributed by atoms with E-state index in [1.807, 2.05) is 34.9 Å². The molecule has 0 aliphatic carbocycles. The van der Waals surface area contributed by atoms with E-state index in [2.05, 4.69) is 6.92 Å². The summed E-state index contributed by atoms with van der Waals surface area (Å²) in [4.78, 5) is 32.9. The van der Waals surface area contributed by atoms with Gasteiger partial charge in [-0.2, -0.15) is 0 Å². The van der Waals surface area contributed by atoms with Gasteiger partial charge in [-0.25, -0.2) is 4.98 Å². The Morgan fingerprint density at radius 3 is 2.70 bits per heavy atom. The second kappa shape index (κ2) is 8.18. The number of esters is 1. The summed E-state index contributed by atoms with van der Waals surface area (Å²) in [6.45, 7) is 4.43. The summed E-state index contributed by atoms with van der Waals surface area (Å²) in [6.07, 6.45) is 1.70. The van der Waals surface area contributed by atoms with E-state index in [0.717, 1.165) is 23.9 Å². The van der Waals surface area contributed by atoms with Crippen molar-refractivity contribution in [3.05, 3.63) is 54.1 Å². The zero-order chi connectivity index (χ0) is 21.3. The van der Waals surface area contributed by atoms with Gasteiger partial charge in [0, 0.05) is 6.54 Å². The summed E-state index contributed by atoms with van der Waals surface area (Å²) in [5, 5.41) is 10.1. The molecule has 156 valence electrons. The fraction of sp³-hybridized carbons (Fsp3) is 0.348. The maximum atomic E-state index is 13.6. The van der Waals surface area contributed by atoms with Crippen molar-refractivity contribution in [3.63, 3.8) is 0 Å². The lowest BCUT2D eigenvalue weighted by molar-refractivity contribution is -0.153. The van der Waals surface area contributed by atoms with Gasteiger partial charge in [-0.05, 0) is 43.2 Å². The lowest BCUT2D eigenvalue weighted by atomic mass is 9.89. The van der Waals surface area contributed by atoms with Gasteiger partial charge in [0.25, 0.3) is 0 Å². The van der Waals surface area contributed by atoms with E-state index in [-0.39, 0.29) is 18.3 Å². The maximum absolute atomic E-state index is 13.6. The molecule has 1 aromatic heterocycles. The summed E-state index contributed by atoms with van der Waals surface area (Å²) in [5.41, 5.74) is 2.22. The zero-order valence-corrected chi connectivity index (χ0v) is 17.1. The standard InChI is InChI=1S/C23H25N3O4/c1-3-5-13-25-21(28)19(22(29)30-4-2)20(15-9-8-10-16(27)14-15)26-18-12-7-6-11-17(18)24-23(25)26/h6-12,14,19-20,27H,3-5,13H2,1-2H3/t19-,20-/m0/s1. The Balaban J connectivity index is 1.98. The quantitative estimate of drug-likeness (QED) is 0.498. The molecule has 2 aromatic carbocycles. The number of aromatic hydroxyl groups is 1. The highest BCUT2D eigenvalue weighted by Gasteiger charge is 2.47. The third kappa shape index (κ3) is 3.30. The third-order valence-electron chi connectivity index (χ3n) is 5.43. The highest BCUT2D eigenvalue weighted by Crippen LogP contribution is 2.41. The van der Waals surface area contributed by atoms with Crippen LogP contribution in [0.2, 0.25) is 0 Å². The first kappa shape index (κ1) is 19.9. The second-order valence-corrected chi connectivity index (χ2v) is 7.38. The van der Waals surface area contributed by atoms with Crippen LogP contribution in [0.1, 0.15) is 38.3 Å². The van der Waals surface area contributed by atoms with Gasteiger partial charge >= 0.3 is 5.97 Å². The number of hydrogen-bond donors (Lipinski definition) is 1.